The molecule has 0 saturated carbocycles. The largest absolute Gasteiger partial charge is 0.381 e. The van der Waals surface area contributed by atoms with Gasteiger partial charge in [0.15, 0.2) is 0 Å². The maximum atomic E-state index is 13.0. The van der Waals surface area contributed by atoms with Crippen LogP contribution in [0.25, 0.3) is 0 Å². The molecule has 1 aromatic carbocycles. The summed E-state index contributed by atoms with van der Waals surface area (Å²) >= 11 is 0. The lowest BCUT2D eigenvalue weighted by atomic mass is 9.99. The second kappa shape index (κ2) is 8.22. The number of benzene rings is 1. The van der Waals surface area contributed by atoms with Crippen LogP contribution >= 0.6 is 0 Å². The highest BCUT2D eigenvalue weighted by atomic mass is 19.1. The van der Waals surface area contributed by atoms with Crippen molar-refractivity contribution in [3.05, 3.63) is 35.6 Å². The van der Waals surface area contributed by atoms with E-state index < -0.39 is 0 Å². The third-order valence-corrected chi connectivity index (χ3v) is 5.10. The molecule has 0 bridgehead atoms. The Morgan fingerprint density at radius 2 is 1.96 bits per heavy atom. The van der Waals surface area contributed by atoms with E-state index in [1.807, 2.05) is 12.1 Å². The zero-order valence-corrected chi connectivity index (χ0v) is 14.0. The average molecular weight is 321 g/mol. The fourth-order valence-corrected chi connectivity index (χ4v) is 3.53. The minimum absolute atomic E-state index is 0.161. The van der Waals surface area contributed by atoms with Crippen molar-refractivity contribution in [2.24, 2.45) is 5.92 Å². The normalized spacial score (nSPS) is 24.9. The van der Waals surface area contributed by atoms with Crippen molar-refractivity contribution in [1.29, 1.82) is 0 Å². The third-order valence-electron chi connectivity index (χ3n) is 5.10. The molecular formula is C19H28FNO2. The standard InChI is InChI=1S/C19H28FNO2/c1-15(17-2-4-18(20)5-3-17)12-21-9-6-19(7-10-21)23-14-16-8-11-22-13-16/h2-5,15-16,19H,6-14H2,1H3/t15-,16+/m1/s1. The zero-order chi connectivity index (χ0) is 16.1. The van der Waals surface area contributed by atoms with E-state index >= 15 is 0 Å². The molecule has 2 fully saturated rings. The molecular weight excluding hydrogens is 293 g/mol. The molecule has 128 valence electrons. The van der Waals surface area contributed by atoms with Crippen LogP contribution in [0.2, 0.25) is 0 Å². The summed E-state index contributed by atoms with van der Waals surface area (Å²) in [4.78, 5) is 2.51. The molecule has 23 heavy (non-hydrogen) atoms. The van der Waals surface area contributed by atoms with Crippen molar-refractivity contribution in [2.75, 3.05) is 39.5 Å². The Kier molecular flexibility index (Phi) is 6.03. The molecule has 4 heteroatoms. The van der Waals surface area contributed by atoms with Gasteiger partial charge in [0.2, 0.25) is 0 Å². The minimum atomic E-state index is -0.161. The van der Waals surface area contributed by atoms with E-state index in [-0.39, 0.29) is 5.82 Å². The van der Waals surface area contributed by atoms with E-state index in [0.29, 0.717) is 17.9 Å². The Balaban J connectivity index is 1.37. The first kappa shape index (κ1) is 16.9. The number of hydrogen-bond donors (Lipinski definition) is 0. The van der Waals surface area contributed by atoms with Crippen LogP contribution in [-0.4, -0.2) is 50.5 Å². The Morgan fingerprint density at radius 1 is 1.22 bits per heavy atom. The van der Waals surface area contributed by atoms with E-state index in [4.69, 9.17) is 9.47 Å². The summed E-state index contributed by atoms with van der Waals surface area (Å²) in [5.41, 5.74) is 1.21. The SMILES string of the molecule is C[C@H](CN1CCC(OC[C@H]2CCOC2)CC1)c1ccc(F)cc1. The Hall–Kier alpha value is -0.970. The molecule has 2 atom stereocenters. The number of halogens is 1. The van der Waals surface area contributed by atoms with Gasteiger partial charge in [-0.1, -0.05) is 19.1 Å². The monoisotopic (exact) mass is 321 g/mol. The summed E-state index contributed by atoms with van der Waals surface area (Å²) in [5, 5.41) is 0. The van der Waals surface area contributed by atoms with Gasteiger partial charge in [-0.25, -0.2) is 4.39 Å². The molecule has 0 spiro atoms. The van der Waals surface area contributed by atoms with Crippen LogP contribution in [0.4, 0.5) is 4.39 Å². The first-order chi connectivity index (χ1) is 11.2. The molecule has 2 saturated heterocycles. The first-order valence-electron chi connectivity index (χ1n) is 8.88. The highest BCUT2D eigenvalue weighted by Gasteiger charge is 2.23. The van der Waals surface area contributed by atoms with Crippen molar-refractivity contribution < 1.29 is 13.9 Å². The Labute approximate surface area is 138 Å². The van der Waals surface area contributed by atoms with Gasteiger partial charge in [0, 0.05) is 32.2 Å². The number of ether oxygens (including phenoxy) is 2. The summed E-state index contributed by atoms with van der Waals surface area (Å²) in [6.45, 7) is 8.07. The van der Waals surface area contributed by atoms with Crippen LogP contribution in [0.15, 0.2) is 24.3 Å². The van der Waals surface area contributed by atoms with Gasteiger partial charge in [-0.05, 0) is 42.9 Å². The Morgan fingerprint density at radius 3 is 2.61 bits per heavy atom. The average Bonchev–Trinajstić information content (AvgIpc) is 3.08. The van der Waals surface area contributed by atoms with Gasteiger partial charge in [0.05, 0.1) is 19.3 Å². The lowest BCUT2D eigenvalue weighted by Gasteiger charge is -2.34. The molecule has 0 N–H and O–H groups in total. The summed E-state index contributed by atoms with van der Waals surface area (Å²) in [7, 11) is 0. The third kappa shape index (κ3) is 5.00. The van der Waals surface area contributed by atoms with E-state index in [2.05, 4.69) is 11.8 Å². The molecule has 0 aliphatic carbocycles. The van der Waals surface area contributed by atoms with Gasteiger partial charge < -0.3 is 14.4 Å². The van der Waals surface area contributed by atoms with Crippen LogP contribution in [0.5, 0.6) is 0 Å². The molecule has 1 aromatic rings. The van der Waals surface area contributed by atoms with E-state index in [9.17, 15) is 4.39 Å². The molecule has 2 aliphatic rings. The second-order valence-corrected chi connectivity index (χ2v) is 7.02. The number of likely N-dealkylation sites (tertiary alicyclic amines) is 1. The molecule has 0 amide bonds. The highest BCUT2D eigenvalue weighted by molar-refractivity contribution is 5.20. The van der Waals surface area contributed by atoms with Crippen LogP contribution in [-0.2, 0) is 9.47 Å². The second-order valence-electron chi connectivity index (χ2n) is 7.02. The molecule has 2 heterocycles. The van der Waals surface area contributed by atoms with Crippen molar-refractivity contribution in [2.45, 2.75) is 38.2 Å². The maximum absolute atomic E-state index is 13.0. The van der Waals surface area contributed by atoms with Gasteiger partial charge in [-0.2, -0.15) is 0 Å². The van der Waals surface area contributed by atoms with Crippen LogP contribution in [0.1, 0.15) is 37.7 Å². The maximum Gasteiger partial charge on any atom is 0.123 e. The fourth-order valence-electron chi connectivity index (χ4n) is 3.53. The van der Waals surface area contributed by atoms with Gasteiger partial charge in [-0.15, -0.1) is 0 Å². The lowest BCUT2D eigenvalue weighted by molar-refractivity contribution is -0.0110. The molecule has 0 unspecified atom stereocenters. The van der Waals surface area contributed by atoms with E-state index in [1.54, 1.807) is 12.1 Å². The Bertz CT molecular complexity index is 465. The van der Waals surface area contributed by atoms with Crippen molar-refractivity contribution >= 4 is 0 Å². The van der Waals surface area contributed by atoms with E-state index in [1.165, 1.54) is 5.56 Å². The van der Waals surface area contributed by atoms with Gasteiger partial charge in [-0.3, -0.25) is 0 Å². The van der Waals surface area contributed by atoms with Gasteiger partial charge >= 0.3 is 0 Å². The molecule has 3 rings (SSSR count). The van der Waals surface area contributed by atoms with Gasteiger partial charge in [0.25, 0.3) is 0 Å². The fraction of sp³-hybridized carbons (Fsp3) is 0.684. The summed E-state index contributed by atoms with van der Waals surface area (Å²) in [5.74, 6) is 0.877. The minimum Gasteiger partial charge on any atom is -0.381 e. The van der Waals surface area contributed by atoms with Crippen molar-refractivity contribution in [1.82, 2.24) is 4.90 Å². The lowest BCUT2D eigenvalue weighted by Crippen LogP contribution is -2.39. The van der Waals surface area contributed by atoms with Crippen LogP contribution < -0.4 is 0 Å². The quantitative estimate of drug-likeness (QED) is 0.801. The van der Waals surface area contributed by atoms with E-state index in [0.717, 1.165) is 58.7 Å². The molecule has 2 aliphatic heterocycles. The predicted octanol–water partition coefficient (Wildman–Crippen LogP) is 3.45. The number of nitrogens with zero attached hydrogens (tertiary/aromatic N) is 1. The number of piperidine rings is 1. The first-order valence-corrected chi connectivity index (χ1v) is 8.88. The summed E-state index contributed by atoms with van der Waals surface area (Å²) in [6, 6.07) is 6.91. The van der Waals surface area contributed by atoms with Gasteiger partial charge in [0.1, 0.15) is 5.82 Å². The van der Waals surface area contributed by atoms with Crippen LogP contribution in [0.3, 0.4) is 0 Å². The van der Waals surface area contributed by atoms with Crippen LogP contribution in [0, 0.1) is 11.7 Å². The van der Waals surface area contributed by atoms with Crippen molar-refractivity contribution in [3.8, 4) is 0 Å². The topological polar surface area (TPSA) is 21.7 Å². The smallest absolute Gasteiger partial charge is 0.123 e. The van der Waals surface area contributed by atoms with Crippen molar-refractivity contribution in [3.63, 3.8) is 0 Å². The number of rotatable bonds is 6. The molecule has 3 nitrogen and oxygen atoms in total. The zero-order valence-electron chi connectivity index (χ0n) is 14.0. The predicted molar refractivity (Wildman–Crippen MR) is 89.2 cm³/mol. The number of hydrogen-bond acceptors (Lipinski definition) is 3. The molecule has 0 radical (unpaired) electrons. The summed E-state index contributed by atoms with van der Waals surface area (Å²) < 4.78 is 24.5. The molecule has 0 aromatic heterocycles. The highest BCUT2D eigenvalue weighted by Crippen LogP contribution is 2.22. The summed E-state index contributed by atoms with van der Waals surface area (Å²) in [6.07, 6.45) is 3.79.